The molecule has 1 aliphatic rings. The average Bonchev–Trinajstić information content (AvgIpc) is 3.29. The summed E-state index contributed by atoms with van der Waals surface area (Å²) in [5.41, 5.74) is 1.33. The molecule has 0 spiro atoms. The number of alkyl halides is 4. The molecule has 0 saturated carbocycles. The molecule has 0 radical (unpaired) electrons. The van der Waals surface area contributed by atoms with Crippen LogP contribution >= 0.6 is 11.3 Å². The second-order valence-corrected chi connectivity index (χ2v) is 12.8. The smallest absolute Gasteiger partial charge is 0.349 e. The van der Waals surface area contributed by atoms with E-state index in [2.05, 4.69) is 17.2 Å². The average molecular weight is 601 g/mol. The van der Waals surface area contributed by atoms with Gasteiger partial charge < -0.3 is 5.32 Å². The Labute approximate surface area is 235 Å². The van der Waals surface area contributed by atoms with E-state index in [4.69, 9.17) is 0 Å². The van der Waals surface area contributed by atoms with E-state index in [1.807, 2.05) is 11.8 Å². The third-order valence-corrected chi connectivity index (χ3v) is 9.73. The van der Waals surface area contributed by atoms with Crippen molar-refractivity contribution < 1.29 is 30.8 Å². The Morgan fingerprint density at radius 1 is 1.15 bits per heavy atom. The second-order valence-electron chi connectivity index (χ2n) is 10.2. The zero-order valence-corrected chi connectivity index (χ0v) is 24.0. The monoisotopic (exact) mass is 600 g/mol. The van der Waals surface area contributed by atoms with Gasteiger partial charge in [0.25, 0.3) is 5.91 Å². The molecule has 13 heteroatoms. The van der Waals surface area contributed by atoms with Gasteiger partial charge in [0.2, 0.25) is 10.0 Å². The number of fused-ring (bicyclic) bond motifs is 1. The number of halogens is 4. The highest BCUT2D eigenvalue weighted by Crippen LogP contribution is 2.39. The molecule has 1 saturated heterocycles. The summed E-state index contributed by atoms with van der Waals surface area (Å²) < 4.78 is 80.1. The molecule has 1 fully saturated rings. The minimum Gasteiger partial charge on any atom is -0.349 e. The Balaban J connectivity index is 1.70. The lowest BCUT2D eigenvalue weighted by molar-refractivity contribution is -0.147. The number of aromatic nitrogens is 1. The van der Waals surface area contributed by atoms with Crippen LogP contribution in [0.2, 0.25) is 0 Å². The lowest BCUT2D eigenvalue weighted by Crippen LogP contribution is -2.50. The highest BCUT2D eigenvalue weighted by Gasteiger charge is 2.39. The normalized spacial score (nSPS) is 16.6. The molecule has 2 atom stereocenters. The van der Waals surface area contributed by atoms with Crippen LogP contribution in [0.5, 0.6) is 0 Å². The largest absolute Gasteiger partial charge is 0.404 e. The summed E-state index contributed by atoms with van der Waals surface area (Å²) in [7, 11) is -4.50. The van der Waals surface area contributed by atoms with Crippen LogP contribution in [0.3, 0.4) is 0 Å². The molecular weight excluding hydrogens is 568 g/mol. The number of likely N-dealkylation sites (tertiary alicyclic amines) is 1. The minimum absolute atomic E-state index is 0.252. The molecule has 1 aliphatic heterocycles. The van der Waals surface area contributed by atoms with Crippen molar-refractivity contribution in [2.24, 2.45) is 5.92 Å². The predicted octanol–water partition coefficient (Wildman–Crippen LogP) is 5.16. The maximum atomic E-state index is 13.1. The molecule has 4 rings (SSSR count). The number of carbonyl (C=O) groups excluding carboxylic acids is 1. The molecule has 0 aliphatic carbocycles. The SMILES string of the molecule is CCC(C)Cc1nc(C(=O)NCCN2CC(F)C2)sc1-c1ccc(S(=O)(=O)NC(C)C(F)(F)F)c2ccccc12. The fourth-order valence-electron chi connectivity index (χ4n) is 4.43. The summed E-state index contributed by atoms with van der Waals surface area (Å²) in [6.45, 7) is 6.47. The maximum absolute atomic E-state index is 13.1. The number of benzene rings is 2. The van der Waals surface area contributed by atoms with E-state index in [0.717, 1.165) is 13.3 Å². The minimum atomic E-state index is -4.74. The van der Waals surface area contributed by atoms with Crippen molar-refractivity contribution in [1.29, 1.82) is 0 Å². The number of sulfonamides is 1. The fraction of sp³-hybridized carbons (Fsp3) is 0.481. The first-order chi connectivity index (χ1) is 18.8. The van der Waals surface area contributed by atoms with Gasteiger partial charge >= 0.3 is 6.18 Å². The first-order valence-electron chi connectivity index (χ1n) is 13.1. The van der Waals surface area contributed by atoms with E-state index in [1.54, 1.807) is 35.1 Å². The van der Waals surface area contributed by atoms with Gasteiger partial charge in [-0.3, -0.25) is 9.69 Å². The number of amides is 1. The van der Waals surface area contributed by atoms with Crippen LogP contribution in [-0.2, 0) is 16.4 Å². The highest BCUT2D eigenvalue weighted by molar-refractivity contribution is 7.89. The van der Waals surface area contributed by atoms with Gasteiger partial charge in [0.05, 0.1) is 15.5 Å². The third kappa shape index (κ3) is 6.81. The van der Waals surface area contributed by atoms with Gasteiger partial charge in [-0.15, -0.1) is 11.3 Å². The molecule has 7 nitrogen and oxygen atoms in total. The molecular formula is C27H32F4N4O3S2. The summed E-state index contributed by atoms with van der Waals surface area (Å²) in [4.78, 5) is 19.9. The van der Waals surface area contributed by atoms with Crippen LogP contribution in [0.4, 0.5) is 17.6 Å². The Kier molecular flexibility index (Phi) is 9.18. The molecule has 2 heterocycles. The number of rotatable bonds is 11. The molecule has 40 heavy (non-hydrogen) atoms. The first-order valence-corrected chi connectivity index (χ1v) is 15.4. The summed E-state index contributed by atoms with van der Waals surface area (Å²) >= 11 is 1.18. The zero-order chi connectivity index (χ0) is 29.2. The lowest BCUT2D eigenvalue weighted by atomic mass is 9.98. The van der Waals surface area contributed by atoms with Crippen LogP contribution in [0.1, 0.15) is 42.7 Å². The van der Waals surface area contributed by atoms with Crippen LogP contribution in [0.15, 0.2) is 41.3 Å². The van der Waals surface area contributed by atoms with Gasteiger partial charge in [-0.25, -0.2) is 17.8 Å². The molecule has 0 bridgehead atoms. The molecule has 1 aromatic heterocycles. The Morgan fingerprint density at radius 3 is 2.45 bits per heavy atom. The summed E-state index contributed by atoms with van der Waals surface area (Å²) in [6, 6.07) is 7.17. The van der Waals surface area contributed by atoms with Crippen LogP contribution < -0.4 is 10.0 Å². The molecule has 218 valence electrons. The Hall–Kier alpha value is -2.61. The molecule has 2 N–H and O–H groups in total. The first kappa shape index (κ1) is 30.4. The van der Waals surface area contributed by atoms with Crippen molar-refractivity contribution in [2.75, 3.05) is 26.2 Å². The number of hydrogen-bond donors (Lipinski definition) is 2. The summed E-state index contributed by atoms with van der Waals surface area (Å²) in [5, 5.41) is 3.86. The summed E-state index contributed by atoms with van der Waals surface area (Å²) in [5.74, 6) is -0.0939. The number of carbonyl (C=O) groups is 1. The molecule has 2 unspecified atom stereocenters. The standard InChI is InChI=1S/C27H32F4N4O3S2/c1-4-16(2)13-22-24(39-26(33-22)25(36)32-11-12-35-14-18(28)15-35)21-9-10-23(20-8-6-5-7-19(20)21)40(37,38)34-17(3)27(29,30)31/h5-10,16-18,34H,4,11-15H2,1-3H3,(H,32,36). The van der Waals surface area contributed by atoms with Crippen molar-refractivity contribution in [3.05, 3.63) is 47.1 Å². The van der Waals surface area contributed by atoms with Crippen molar-refractivity contribution in [3.63, 3.8) is 0 Å². The molecule has 1 amide bonds. The number of nitrogens with one attached hydrogen (secondary N) is 2. The van der Waals surface area contributed by atoms with E-state index < -0.39 is 28.4 Å². The van der Waals surface area contributed by atoms with Crippen LogP contribution in [0, 0.1) is 5.92 Å². The number of hydrogen-bond acceptors (Lipinski definition) is 6. The van der Waals surface area contributed by atoms with E-state index in [1.165, 1.54) is 17.4 Å². The Morgan fingerprint density at radius 2 is 1.82 bits per heavy atom. The zero-order valence-electron chi connectivity index (χ0n) is 22.4. The van der Waals surface area contributed by atoms with Crippen molar-refractivity contribution in [2.45, 2.75) is 56.9 Å². The Bertz CT molecular complexity index is 1470. The van der Waals surface area contributed by atoms with Crippen molar-refractivity contribution in [3.8, 4) is 10.4 Å². The van der Waals surface area contributed by atoms with E-state index in [9.17, 15) is 30.8 Å². The van der Waals surface area contributed by atoms with Crippen molar-refractivity contribution >= 4 is 38.0 Å². The van der Waals surface area contributed by atoms with Crippen LogP contribution in [-0.4, -0.2) is 68.8 Å². The van der Waals surface area contributed by atoms with E-state index >= 15 is 0 Å². The van der Waals surface area contributed by atoms with Gasteiger partial charge in [0, 0.05) is 37.1 Å². The van der Waals surface area contributed by atoms with Gasteiger partial charge in [0.1, 0.15) is 12.2 Å². The van der Waals surface area contributed by atoms with Gasteiger partial charge in [-0.05, 0) is 30.7 Å². The second kappa shape index (κ2) is 12.1. The van der Waals surface area contributed by atoms with Crippen LogP contribution in [0.25, 0.3) is 21.2 Å². The van der Waals surface area contributed by atoms with Gasteiger partial charge in [-0.1, -0.05) is 50.6 Å². The molecule has 3 aromatic rings. The maximum Gasteiger partial charge on any atom is 0.404 e. The topological polar surface area (TPSA) is 91.4 Å². The van der Waals surface area contributed by atoms with Crippen molar-refractivity contribution in [1.82, 2.24) is 19.9 Å². The van der Waals surface area contributed by atoms with Gasteiger partial charge in [0.15, 0.2) is 5.01 Å². The van der Waals surface area contributed by atoms with E-state index in [0.29, 0.717) is 54.1 Å². The quantitative estimate of drug-likeness (QED) is 0.297. The van der Waals surface area contributed by atoms with E-state index in [-0.39, 0.29) is 27.1 Å². The lowest BCUT2D eigenvalue weighted by Gasteiger charge is -2.34. The fourth-order valence-corrected chi connectivity index (χ4v) is 6.92. The highest BCUT2D eigenvalue weighted by atomic mass is 32.2. The molecule has 2 aromatic carbocycles. The third-order valence-electron chi connectivity index (χ3n) is 7.00. The number of nitrogens with zero attached hydrogens (tertiary/aromatic N) is 2. The number of thiazole rings is 1. The predicted molar refractivity (Wildman–Crippen MR) is 148 cm³/mol. The summed E-state index contributed by atoms with van der Waals surface area (Å²) in [6.07, 6.45) is -4.09. The van der Waals surface area contributed by atoms with Gasteiger partial charge in [-0.2, -0.15) is 17.9 Å².